The minimum Gasteiger partial charge on any atom is -0.872 e. The van der Waals surface area contributed by atoms with Crippen molar-refractivity contribution in [2.24, 2.45) is 0 Å². The van der Waals surface area contributed by atoms with Crippen molar-refractivity contribution < 1.29 is 44.0 Å². The van der Waals surface area contributed by atoms with E-state index < -0.39 is 50.8 Å². The molecule has 30 heavy (non-hydrogen) atoms. The summed E-state index contributed by atoms with van der Waals surface area (Å²) in [5.41, 5.74) is 0. The largest absolute Gasteiger partial charge is 3.00 e. The average Bonchev–Trinajstić information content (AvgIpc) is 2.57. The van der Waals surface area contributed by atoms with Crippen molar-refractivity contribution in [1.29, 1.82) is 0 Å². The molecular weight excluding hydrogens is 475 g/mol. The maximum absolute atomic E-state index is 12.4. The molecule has 0 radical (unpaired) electrons. The summed E-state index contributed by atoms with van der Waals surface area (Å²) in [7, 11) is -15.4. The molecule has 4 rings (SSSR count). The first-order valence-corrected chi connectivity index (χ1v) is 11.8. The van der Waals surface area contributed by atoms with Gasteiger partial charge in [0, 0.05) is 21.5 Å². The van der Waals surface area contributed by atoms with Gasteiger partial charge in [-0.2, -0.15) is 8.42 Å². The van der Waals surface area contributed by atoms with Gasteiger partial charge in [0.1, 0.15) is 25.1 Å². The minimum atomic E-state index is -5.24. The van der Waals surface area contributed by atoms with E-state index in [1.54, 1.807) is 0 Å². The van der Waals surface area contributed by atoms with Crippen LogP contribution < -0.4 is 5.11 Å². The van der Waals surface area contributed by atoms with Gasteiger partial charge in [-0.1, -0.05) is 36.1 Å². The van der Waals surface area contributed by atoms with Crippen LogP contribution in [0.3, 0.4) is 0 Å². The molecule has 0 spiro atoms. The Kier molecular flexibility index (Phi) is 5.09. The summed E-state index contributed by atoms with van der Waals surface area (Å²) in [6.07, 6.45) is 0. The van der Waals surface area contributed by atoms with Crippen molar-refractivity contribution in [3.63, 3.8) is 0 Å². The Morgan fingerprint density at radius 2 is 1.00 bits per heavy atom. The SMILES string of the molecule is O=S(=O)([O-])c1cc([O-])c2ccc3c(S(=O)(=O)[O-])cc(S(=O)(=O)O)c4ccc1c2c34.[Al+3]. The second-order valence-corrected chi connectivity index (χ2v) is 10.3. The first-order valence-electron chi connectivity index (χ1n) is 7.56. The average molecular weight is 482 g/mol. The van der Waals surface area contributed by atoms with Crippen molar-refractivity contribution in [2.45, 2.75) is 14.7 Å². The molecule has 0 aliphatic rings. The van der Waals surface area contributed by atoms with Gasteiger partial charge in [-0.3, -0.25) is 4.55 Å². The molecule has 0 saturated carbocycles. The van der Waals surface area contributed by atoms with E-state index in [2.05, 4.69) is 0 Å². The second-order valence-electron chi connectivity index (χ2n) is 6.20. The van der Waals surface area contributed by atoms with Crippen molar-refractivity contribution in [1.82, 2.24) is 0 Å². The third-order valence-electron chi connectivity index (χ3n) is 4.56. The van der Waals surface area contributed by atoms with Crippen molar-refractivity contribution >= 4 is 80.0 Å². The molecule has 0 fully saturated rings. The molecule has 0 saturated heterocycles. The van der Waals surface area contributed by atoms with E-state index >= 15 is 0 Å². The van der Waals surface area contributed by atoms with Gasteiger partial charge >= 0.3 is 17.4 Å². The van der Waals surface area contributed by atoms with Gasteiger partial charge in [0.25, 0.3) is 10.1 Å². The molecule has 1 N–H and O–H groups in total. The monoisotopic (exact) mass is 482 g/mol. The molecule has 0 aromatic heterocycles. The Balaban J connectivity index is 0.00000256. The predicted molar refractivity (Wildman–Crippen MR) is 101 cm³/mol. The van der Waals surface area contributed by atoms with Crippen LogP contribution in [0.15, 0.2) is 51.1 Å². The van der Waals surface area contributed by atoms with Gasteiger partial charge in [-0.05, 0) is 16.8 Å². The molecule has 0 aliphatic carbocycles. The molecule has 0 unspecified atom stereocenters. The van der Waals surface area contributed by atoms with E-state index in [4.69, 9.17) is 0 Å². The summed E-state index contributed by atoms with van der Waals surface area (Å²) in [5.74, 6) is -0.884. The Bertz CT molecular complexity index is 1620. The molecule has 0 amide bonds. The summed E-state index contributed by atoms with van der Waals surface area (Å²) < 4.78 is 103. The van der Waals surface area contributed by atoms with Crippen LogP contribution in [0.4, 0.5) is 0 Å². The summed E-state index contributed by atoms with van der Waals surface area (Å²) >= 11 is 0. The molecule has 0 atom stereocenters. The zero-order valence-electron chi connectivity index (χ0n) is 14.4. The van der Waals surface area contributed by atoms with E-state index in [0.29, 0.717) is 12.1 Å². The second kappa shape index (κ2) is 6.74. The molecule has 14 heteroatoms. The zero-order valence-corrected chi connectivity index (χ0v) is 18.0. The molecule has 4 aromatic carbocycles. The number of hydrogen-bond acceptors (Lipinski definition) is 9. The Morgan fingerprint density at radius 3 is 1.43 bits per heavy atom. The fraction of sp³-hybridized carbons (Fsp3) is 0. The van der Waals surface area contributed by atoms with E-state index in [1.807, 2.05) is 0 Å². The van der Waals surface area contributed by atoms with E-state index in [-0.39, 0.29) is 49.7 Å². The third-order valence-corrected chi connectivity index (χ3v) is 7.21. The first kappa shape index (κ1) is 22.7. The fourth-order valence-electron chi connectivity index (χ4n) is 3.49. The van der Waals surface area contributed by atoms with Crippen LogP contribution in [0.25, 0.3) is 32.3 Å². The van der Waals surface area contributed by atoms with E-state index in [9.17, 15) is 44.0 Å². The topological polar surface area (TPSA) is 192 Å². The summed E-state index contributed by atoms with van der Waals surface area (Å²) in [6, 6.07) is 5.44. The standard InChI is InChI=1S/C16H10O10S3.Al/c17-11-5-12(27(18,19)20)8-3-4-10-14(29(24,25)26)6-13(28(21,22)23)9-2-1-7(11)15(8)16(9)10;/h1-6,17H,(H,18,19,20)(H,21,22,23)(H,24,25,26);/q;+3/p-3. The van der Waals surface area contributed by atoms with Gasteiger partial charge < -0.3 is 14.2 Å². The normalized spacial score (nSPS) is 13.2. The number of benzene rings is 4. The molecule has 152 valence electrons. The van der Waals surface area contributed by atoms with Crippen LogP contribution >= 0.6 is 0 Å². The van der Waals surface area contributed by atoms with Gasteiger partial charge in [-0.25, -0.2) is 16.8 Å². The van der Waals surface area contributed by atoms with Crippen molar-refractivity contribution in [3.8, 4) is 5.75 Å². The van der Waals surface area contributed by atoms with Crippen LogP contribution in [0.2, 0.25) is 0 Å². The Labute approximate surface area is 180 Å². The summed E-state index contributed by atoms with van der Waals surface area (Å²) in [5, 5.41) is 11.0. The smallest absolute Gasteiger partial charge is 0.872 e. The first-order chi connectivity index (χ1) is 13.2. The maximum atomic E-state index is 12.4. The van der Waals surface area contributed by atoms with E-state index in [1.165, 1.54) is 0 Å². The quantitative estimate of drug-likeness (QED) is 0.242. The zero-order chi connectivity index (χ0) is 21.5. The molecule has 4 aromatic rings. The number of hydrogen-bond donors (Lipinski definition) is 1. The Morgan fingerprint density at radius 1 is 0.633 bits per heavy atom. The molecule has 0 heterocycles. The minimum absolute atomic E-state index is 0. The fourth-order valence-corrected chi connectivity index (χ4v) is 5.67. The molecular formula is C16H7AlO10S3. The van der Waals surface area contributed by atoms with Crippen LogP contribution in [-0.2, 0) is 30.4 Å². The third kappa shape index (κ3) is 3.31. The van der Waals surface area contributed by atoms with Crippen molar-refractivity contribution in [2.75, 3.05) is 0 Å². The predicted octanol–water partition coefficient (Wildman–Crippen LogP) is 0.332. The Hall–Kier alpha value is -2.02. The molecule has 0 aliphatic heterocycles. The number of rotatable bonds is 3. The molecule has 0 bridgehead atoms. The van der Waals surface area contributed by atoms with Crippen LogP contribution in [0.1, 0.15) is 0 Å². The van der Waals surface area contributed by atoms with Crippen LogP contribution in [-0.4, -0.2) is 56.3 Å². The van der Waals surface area contributed by atoms with Gasteiger partial charge in [-0.15, -0.1) is 0 Å². The van der Waals surface area contributed by atoms with Crippen molar-refractivity contribution in [3.05, 3.63) is 36.4 Å². The molecule has 10 nitrogen and oxygen atoms in total. The van der Waals surface area contributed by atoms with E-state index in [0.717, 1.165) is 24.3 Å². The van der Waals surface area contributed by atoms with Gasteiger partial charge in [0.05, 0.1) is 9.79 Å². The summed E-state index contributed by atoms with van der Waals surface area (Å²) in [4.78, 5) is -2.79. The maximum Gasteiger partial charge on any atom is 3.00 e. The van der Waals surface area contributed by atoms with Crippen LogP contribution in [0.5, 0.6) is 5.75 Å². The van der Waals surface area contributed by atoms with Crippen LogP contribution in [0, 0.1) is 0 Å². The summed E-state index contributed by atoms with van der Waals surface area (Å²) in [6.45, 7) is 0. The van der Waals surface area contributed by atoms with Gasteiger partial charge in [0.15, 0.2) is 0 Å². The van der Waals surface area contributed by atoms with Gasteiger partial charge in [0.2, 0.25) is 0 Å².